The average Bonchev–Trinajstić information content (AvgIpc) is 2.80. The number of nitrogens with zero attached hydrogens (tertiary/aromatic N) is 2. The first kappa shape index (κ1) is 24.0. The fraction of sp³-hybridized carbons (Fsp3) is 0.500. The van der Waals surface area contributed by atoms with Gasteiger partial charge in [0, 0.05) is 38.2 Å². The van der Waals surface area contributed by atoms with Crippen LogP contribution in [0.5, 0.6) is 0 Å². The Morgan fingerprint density at radius 2 is 1.85 bits per heavy atom. The van der Waals surface area contributed by atoms with E-state index >= 15 is 0 Å². The van der Waals surface area contributed by atoms with Crippen LogP contribution in [0.15, 0.2) is 30.3 Å². The third-order valence-electron chi connectivity index (χ3n) is 5.70. The quantitative estimate of drug-likeness (QED) is 0.463. The molecule has 1 aromatic carbocycles. The summed E-state index contributed by atoms with van der Waals surface area (Å²) >= 11 is 0. The van der Waals surface area contributed by atoms with E-state index in [1.165, 1.54) is 9.80 Å². The van der Waals surface area contributed by atoms with Gasteiger partial charge in [0.2, 0.25) is 17.7 Å². The number of hydrogen-bond donors (Lipinski definition) is 4. The molecule has 0 spiro atoms. The molecule has 11 nitrogen and oxygen atoms in total. The Labute approximate surface area is 191 Å². The molecule has 1 aromatic rings. The second-order valence-electron chi connectivity index (χ2n) is 8.09. The number of nitrogens with one attached hydrogen (secondary N) is 3. The molecule has 3 rings (SSSR count). The van der Waals surface area contributed by atoms with Crippen molar-refractivity contribution < 1.29 is 29.1 Å². The summed E-state index contributed by atoms with van der Waals surface area (Å²) in [5.74, 6) is -2.14. The standard InChI is InChI=1S/C22H29N5O6/c28-18(9-4-10-19(29)30)27-13-12-26(22(33)24-15-6-2-1-3-7-15)14-17(27)21(32)25-16-8-5-11-23-20(16)31/h1-3,6-7,16-17H,4-5,8-14H2,(H,23,31)(H,24,33)(H,25,32)(H,29,30)/t16-,17-/m1/s1. The molecule has 2 aliphatic rings. The van der Waals surface area contributed by atoms with Gasteiger partial charge in [0.05, 0.1) is 6.54 Å². The van der Waals surface area contributed by atoms with E-state index < -0.39 is 30.0 Å². The number of benzene rings is 1. The summed E-state index contributed by atoms with van der Waals surface area (Å²) in [4.78, 5) is 64.3. The SMILES string of the molecule is O=C(O)CCCC(=O)N1CCN(C(=O)Nc2ccccc2)C[C@@H]1C(=O)N[C@@H]1CCCNC1=O. The van der Waals surface area contributed by atoms with Gasteiger partial charge in [0.25, 0.3) is 0 Å². The fourth-order valence-electron chi connectivity index (χ4n) is 3.93. The van der Waals surface area contributed by atoms with Gasteiger partial charge in [-0.2, -0.15) is 0 Å². The maximum atomic E-state index is 13.1. The van der Waals surface area contributed by atoms with Crippen molar-refractivity contribution in [2.45, 2.75) is 44.2 Å². The van der Waals surface area contributed by atoms with E-state index in [9.17, 15) is 24.0 Å². The highest BCUT2D eigenvalue weighted by Crippen LogP contribution is 2.16. The molecule has 33 heavy (non-hydrogen) atoms. The smallest absolute Gasteiger partial charge is 0.321 e. The summed E-state index contributed by atoms with van der Waals surface area (Å²) in [6.45, 7) is 0.861. The molecule has 0 aliphatic carbocycles. The molecule has 2 atom stereocenters. The minimum atomic E-state index is -0.997. The third-order valence-corrected chi connectivity index (χ3v) is 5.70. The van der Waals surface area contributed by atoms with E-state index in [0.29, 0.717) is 18.7 Å². The first-order valence-electron chi connectivity index (χ1n) is 11.1. The van der Waals surface area contributed by atoms with E-state index in [4.69, 9.17) is 5.11 Å². The molecular weight excluding hydrogens is 430 g/mol. The molecule has 4 N–H and O–H groups in total. The number of carbonyl (C=O) groups excluding carboxylic acids is 4. The molecule has 0 unspecified atom stereocenters. The van der Waals surface area contributed by atoms with E-state index in [0.717, 1.165) is 6.42 Å². The van der Waals surface area contributed by atoms with Crippen molar-refractivity contribution >= 4 is 35.4 Å². The van der Waals surface area contributed by atoms with Crippen molar-refractivity contribution in [3.05, 3.63) is 30.3 Å². The lowest BCUT2D eigenvalue weighted by Crippen LogP contribution is -2.64. The summed E-state index contributed by atoms with van der Waals surface area (Å²) in [5.41, 5.74) is 0.606. The zero-order valence-corrected chi connectivity index (χ0v) is 18.3. The number of piperazine rings is 1. The maximum absolute atomic E-state index is 13.1. The summed E-state index contributed by atoms with van der Waals surface area (Å²) in [7, 11) is 0. The van der Waals surface area contributed by atoms with Crippen LogP contribution in [0.25, 0.3) is 0 Å². The summed E-state index contributed by atoms with van der Waals surface area (Å²) in [6.07, 6.45) is 1.21. The normalized spacial score (nSPS) is 20.5. The lowest BCUT2D eigenvalue weighted by Gasteiger charge is -2.41. The maximum Gasteiger partial charge on any atom is 0.321 e. The number of piperidine rings is 1. The summed E-state index contributed by atoms with van der Waals surface area (Å²) in [5, 5.41) is 17.0. The highest BCUT2D eigenvalue weighted by Gasteiger charge is 2.38. The molecule has 2 heterocycles. The lowest BCUT2D eigenvalue weighted by molar-refractivity contribution is -0.144. The minimum Gasteiger partial charge on any atom is -0.481 e. The Kier molecular flexibility index (Phi) is 8.22. The molecule has 0 saturated carbocycles. The number of carboxylic acid groups (broad SMARTS) is 1. The van der Waals surface area contributed by atoms with Crippen LogP contribution < -0.4 is 16.0 Å². The molecule has 0 aromatic heterocycles. The second kappa shape index (κ2) is 11.3. The number of hydrogen-bond acceptors (Lipinski definition) is 5. The van der Waals surface area contributed by atoms with Gasteiger partial charge >= 0.3 is 12.0 Å². The molecule has 11 heteroatoms. The number of carboxylic acids is 1. The van der Waals surface area contributed by atoms with Gasteiger partial charge in [-0.15, -0.1) is 0 Å². The zero-order chi connectivity index (χ0) is 23.8. The van der Waals surface area contributed by atoms with E-state index in [1.54, 1.807) is 24.3 Å². The summed E-state index contributed by atoms with van der Waals surface area (Å²) < 4.78 is 0. The van der Waals surface area contributed by atoms with E-state index in [1.807, 2.05) is 6.07 Å². The molecule has 178 valence electrons. The van der Waals surface area contributed by atoms with E-state index in [2.05, 4.69) is 16.0 Å². The van der Waals surface area contributed by atoms with E-state index in [-0.39, 0.29) is 50.7 Å². The van der Waals surface area contributed by atoms with Crippen LogP contribution in [0, 0.1) is 0 Å². The van der Waals surface area contributed by atoms with Crippen molar-refractivity contribution in [3.8, 4) is 0 Å². The number of amides is 5. The van der Waals surface area contributed by atoms with Crippen LogP contribution in [0.1, 0.15) is 32.1 Å². The molecule has 0 radical (unpaired) electrons. The number of urea groups is 1. The predicted molar refractivity (Wildman–Crippen MR) is 118 cm³/mol. The molecule has 2 saturated heterocycles. The first-order chi connectivity index (χ1) is 15.8. The second-order valence-corrected chi connectivity index (χ2v) is 8.09. The Morgan fingerprint density at radius 1 is 1.09 bits per heavy atom. The van der Waals surface area contributed by atoms with Gasteiger partial charge in [-0.25, -0.2) is 4.79 Å². The van der Waals surface area contributed by atoms with Crippen molar-refractivity contribution in [1.82, 2.24) is 20.4 Å². The van der Waals surface area contributed by atoms with Crippen molar-refractivity contribution in [3.63, 3.8) is 0 Å². The molecule has 5 amide bonds. The molecule has 2 aliphatic heterocycles. The minimum absolute atomic E-state index is 0.0177. The van der Waals surface area contributed by atoms with Crippen LogP contribution in [0.2, 0.25) is 0 Å². The largest absolute Gasteiger partial charge is 0.481 e. The third kappa shape index (κ3) is 6.67. The number of para-hydroxylation sites is 1. The van der Waals surface area contributed by atoms with Crippen LogP contribution in [-0.4, -0.2) is 82.9 Å². The Morgan fingerprint density at radius 3 is 2.55 bits per heavy atom. The number of carbonyl (C=O) groups is 5. The van der Waals surface area contributed by atoms with Crippen molar-refractivity contribution in [2.24, 2.45) is 0 Å². The predicted octanol–water partition coefficient (Wildman–Crippen LogP) is 0.381. The number of rotatable bonds is 7. The molecular formula is C22H29N5O6. The van der Waals surface area contributed by atoms with Crippen LogP contribution in [0.4, 0.5) is 10.5 Å². The zero-order valence-electron chi connectivity index (χ0n) is 18.3. The highest BCUT2D eigenvalue weighted by atomic mass is 16.4. The van der Waals surface area contributed by atoms with Crippen LogP contribution in [0.3, 0.4) is 0 Å². The molecule has 0 bridgehead atoms. The van der Waals surface area contributed by atoms with Gasteiger partial charge in [0.15, 0.2) is 0 Å². The topological polar surface area (TPSA) is 148 Å². The van der Waals surface area contributed by atoms with Gasteiger partial charge < -0.3 is 30.9 Å². The van der Waals surface area contributed by atoms with Crippen molar-refractivity contribution in [2.75, 3.05) is 31.5 Å². The highest BCUT2D eigenvalue weighted by molar-refractivity contribution is 5.94. The van der Waals surface area contributed by atoms with Crippen molar-refractivity contribution in [1.29, 1.82) is 0 Å². The Hall–Kier alpha value is -3.63. The Balaban J connectivity index is 1.69. The van der Waals surface area contributed by atoms with Gasteiger partial charge in [0.1, 0.15) is 12.1 Å². The summed E-state index contributed by atoms with van der Waals surface area (Å²) in [6, 6.07) is 6.82. The van der Waals surface area contributed by atoms with Gasteiger partial charge in [-0.05, 0) is 31.4 Å². The molecule has 2 fully saturated rings. The monoisotopic (exact) mass is 459 g/mol. The van der Waals surface area contributed by atoms with Crippen LogP contribution >= 0.6 is 0 Å². The fourth-order valence-corrected chi connectivity index (χ4v) is 3.93. The average molecular weight is 460 g/mol. The van der Waals surface area contributed by atoms with Crippen LogP contribution in [-0.2, 0) is 19.2 Å². The Bertz CT molecular complexity index is 893. The first-order valence-corrected chi connectivity index (χ1v) is 11.1. The van der Waals surface area contributed by atoms with Gasteiger partial charge in [-0.1, -0.05) is 18.2 Å². The number of anilines is 1. The lowest BCUT2D eigenvalue weighted by atomic mass is 10.0. The number of aliphatic carboxylic acids is 1. The van der Waals surface area contributed by atoms with Gasteiger partial charge in [-0.3, -0.25) is 19.2 Å².